The molecule has 0 heterocycles. The number of rotatable bonds is 5. The van der Waals surface area contributed by atoms with Crippen LogP contribution >= 0.6 is 0 Å². The van der Waals surface area contributed by atoms with Gasteiger partial charge in [0.15, 0.2) is 0 Å². The number of carbonyl (C=O) groups is 2. The highest BCUT2D eigenvalue weighted by molar-refractivity contribution is 5.71. The first-order valence-electron chi connectivity index (χ1n) is 4.12. The fourth-order valence-corrected chi connectivity index (χ4v) is 1.42. The van der Waals surface area contributed by atoms with Gasteiger partial charge >= 0.3 is 5.97 Å². The first-order valence-corrected chi connectivity index (χ1v) is 4.12. The van der Waals surface area contributed by atoms with Gasteiger partial charge in [0.2, 0.25) is 0 Å². The predicted octanol–water partition coefficient (Wildman–Crippen LogP) is 1.71. The van der Waals surface area contributed by atoms with Crippen LogP contribution in [-0.2, 0) is 9.59 Å². The van der Waals surface area contributed by atoms with Crippen molar-refractivity contribution in [3.8, 4) is 0 Å². The second-order valence-corrected chi connectivity index (χ2v) is 3.66. The number of carboxylic acid groups (broad SMARTS) is 1. The lowest BCUT2D eigenvalue weighted by Gasteiger charge is -2.28. The second kappa shape index (κ2) is 4.24. The lowest BCUT2D eigenvalue weighted by atomic mass is 9.75. The summed E-state index contributed by atoms with van der Waals surface area (Å²) in [5, 5.41) is 8.82. The normalized spacial score (nSPS) is 13.9. The van der Waals surface area contributed by atoms with Gasteiger partial charge in [0.1, 0.15) is 6.29 Å². The molecule has 0 aliphatic rings. The molecule has 0 rings (SSSR count). The summed E-state index contributed by atoms with van der Waals surface area (Å²) in [6, 6.07) is 0. The van der Waals surface area contributed by atoms with Crippen LogP contribution in [0.3, 0.4) is 0 Å². The molecule has 0 amide bonds. The van der Waals surface area contributed by atoms with Gasteiger partial charge in [-0.15, -0.1) is 0 Å². The van der Waals surface area contributed by atoms with Crippen molar-refractivity contribution in [2.45, 2.75) is 33.6 Å². The van der Waals surface area contributed by atoms with Crippen molar-refractivity contribution in [1.82, 2.24) is 0 Å². The van der Waals surface area contributed by atoms with E-state index in [-0.39, 0.29) is 0 Å². The predicted molar refractivity (Wildman–Crippen MR) is 45.9 cm³/mol. The zero-order valence-electron chi connectivity index (χ0n) is 7.83. The van der Waals surface area contributed by atoms with Gasteiger partial charge in [-0.05, 0) is 11.8 Å². The van der Waals surface area contributed by atoms with Gasteiger partial charge in [0, 0.05) is 6.42 Å². The Morgan fingerprint density at radius 2 is 2.08 bits per heavy atom. The van der Waals surface area contributed by atoms with Gasteiger partial charge in [-0.3, -0.25) is 4.79 Å². The molecule has 1 atom stereocenters. The minimum Gasteiger partial charge on any atom is -0.481 e. The van der Waals surface area contributed by atoms with Crippen molar-refractivity contribution in [3.63, 3.8) is 0 Å². The lowest BCUT2D eigenvalue weighted by Crippen LogP contribution is -2.30. The highest BCUT2D eigenvalue weighted by atomic mass is 16.4. The van der Waals surface area contributed by atoms with E-state index in [1.807, 2.05) is 20.8 Å². The molecule has 0 saturated heterocycles. The standard InChI is InChI=1S/C9H16O3/c1-4-7(8(11)12)9(2,3)5-6-10/h6-7H,4-5H2,1-3H3,(H,11,12). The van der Waals surface area contributed by atoms with E-state index >= 15 is 0 Å². The van der Waals surface area contributed by atoms with Crippen LogP contribution in [0, 0.1) is 11.3 Å². The van der Waals surface area contributed by atoms with Crippen LogP contribution in [0.15, 0.2) is 0 Å². The topological polar surface area (TPSA) is 54.4 Å². The second-order valence-electron chi connectivity index (χ2n) is 3.66. The third kappa shape index (κ3) is 2.64. The van der Waals surface area contributed by atoms with Crippen LogP contribution in [0.1, 0.15) is 33.6 Å². The lowest BCUT2D eigenvalue weighted by molar-refractivity contribution is -0.146. The molecule has 70 valence electrons. The quantitative estimate of drug-likeness (QED) is 0.642. The number of carbonyl (C=O) groups excluding carboxylic acids is 1. The number of aldehydes is 1. The molecule has 1 N–H and O–H groups in total. The van der Waals surface area contributed by atoms with E-state index in [1.165, 1.54) is 0 Å². The summed E-state index contributed by atoms with van der Waals surface area (Å²) in [6.07, 6.45) is 1.65. The number of hydrogen-bond acceptors (Lipinski definition) is 2. The van der Waals surface area contributed by atoms with Gasteiger partial charge in [-0.1, -0.05) is 20.8 Å². The average Bonchev–Trinajstić information content (AvgIpc) is 1.86. The number of aliphatic carboxylic acids is 1. The summed E-state index contributed by atoms with van der Waals surface area (Å²) >= 11 is 0. The summed E-state index contributed by atoms with van der Waals surface area (Å²) < 4.78 is 0. The van der Waals surface area contributed by atoms with Gasteiger partial charge in [-0.25, -0.2) is 0 Å². The van der Waals surface area contributed by atoms with E-state index in [0.717, 1.165) is 6.29 Å². The Morgan fingerprint density at radius 1 is 1.58 bits per heavy atom. The maximum atomic E-state index is 10.7. The van der Waals surface area contributed by atoms with Crippen LogP contribution in [0.4, 0.5) is 0 Å². The summed E-state index contributed by atoms with van der Waals surface area (Å²) in [7, 11) is 0. The maximum absolute atomic E-state index is 10.7. The monoisotopic (exact) mass is 172 g/mol. The van der Waals surface area contributed by atoms with Gasteiger partial charge in [0.25, 0.3) is 0 Å². The Kier molecular flexibility index (Phi) is 3.93. The van der Waals surface area contributed by atoms with Crippen LogP contribution < -0.4 is 0 Å². The Morgan fingerprint density at radius 3 is 2.33 bits per heavy atom. The highest BCUT2D eigenvalue weighted by Crippen LogP contribution is 2.32. The first kappa shape index (κ1) is 11.1. The minimum atomic E-state index is -0.815. The van der Waals surface area contributed by atoms with E-state index in [4.69, 9.17) is 5.11 Å². The highest BCUT2D eigenvalue weighted by Gasteiger charge is 2.33. The molecule has 3 nitrogen and oxygen atoms in total. The SMILES string of the molecule is CCC(C(=O)O)C(C)(C)CC=O. The zero-order chi connectivity index (χ0) is 9.78. The Bertz CT molecular complexity index is 173. The molecule has 0 aromatic rings. The Balaban J connectivity index is 4.46. The molecule has 0 saturated carbocycles. The molecule has 0 aliphatic carbocycles. The van der Waals surface area contributed by atoms with Crippen molar-refractivity contribution < 1.29 is 14.7 Å². The molecule has 12 heavy (non-hydrogen) atoms. The molecule has 0 bridgehead atoms. The van der Waals surface area contributed by atoms with Crippen molar-refractivity contribution in [3.05, 3.63) is 0 Å². The van der Waals surface area contributed by atoms with E-state index < -0.39 is 17.3 Å². The summed E-state index contributed by atoms with van der Waals surface area (Å²) in [6.45, 7) is 5.44. The maximum Gasteiger partial charge on any atom is 0.307 e. The minimum absolute atomic E-state index is 0.303. The molecule has 0 aromatic heterocycles. The Hall–Kier alpha value is -0.860. The smallest absolute Gasteiger partial charge is 0.307 e. The summed E-state index contributed by atoms with van der Waals surface area (Å²) in [4.78, 5) is 21.0. The van der Waals surface area contributed by atoms with Crippen LogP contribution in [0.5, 0.6) is 0 Å². The van der Waals surface area contributed by atoms with E-state index in [1.54, 1.807) is 0 Å². The van der Waals surface area contributed by atoms with Crippen molar-refractivity contribution in [2.24, 2.45) is 11.3 Å². The third-order valence-corrected chi connectivity index (χ3v) is 2.26. The zero-order valence-corrected chi connectivity index (χ0v) is 7.83. The first-order chi connectivity index (χ1) is 5.45. The molecular weight excluding hydrogens is 156 g/mol. The molecule has 3 heteroatoms. The third-order valence-electron chi connectivity index (χ3n) is 2.26. The van der Waals surface area contributed by atoms with Crippen LogP contribution in [0.2, 0.25) is 0 Å². The van der Waals surface area contributed by atoms with Gasteiger partial charge < -0.3 is 9.90 Å². The van der Waals surface area contributed by atoms with E-state index in [2.05, 4.69) is 0 Å². The molecule has 0 fully saturated rings. The van der Waals surface area contributed by atoms with Crippen molar-refractivity contribution in [1.29, 1.82) is 0 Å². The van der Waals surface area contributed by atoms with Crippen molar-refractivity contribution in [2.75, 3.05) is 0 Å². The fourth-order valence-electron chi connectivity index (χ4n) is 1.42. The van der Waals surface area contributed by atoms with Crippen LogP contribution in [-0.4, -0.2) is 17.4 Å². The Labute approximate surface area is 72.8 Å². The largest absolute Gasteiger partial charge is 0.481 e. The fraction of sp³-hybridized carbons (Fsp3) is 0.778. The summed E-state index contributed by atoms with van der Waals surface area (Å²) in [5.74, 6) is -1.24. The van der Waals surface area contributed by atoms with Crippen LogP contribution in [0.25, 0.3) is 0 Å². The molecule has 1 unspecified atom stereocenters. The average molecular weight is 172 g/mol. The molecular formula is C9H16O3. The summed E-state index contributed by atoms with van der Waals surface area (Å²) in [5.41, 5.74) is -0.428. The molecule has 0 aliphatic heterocycles. The van der Waals surface area contributed by atoms with E-state index in [0.29, 0.717) is 12.8 Å². The van der Waals surface area contributed by atoms with Gasteiger partial charge in [-0.2, -0.15) is 0 Å². The number of hydrogen-bond donors (Lipinski definition) is 1. The van der Waals surface area contributed by atoms with E-state index in [9.17, 15) is 9.59 Å². The van der Waals surface area contributed by atoms with Gasteiger partial charge in [0.05, 0.1) is 5.92 Å². The molecule has 0 radical (unpaired) electrons. The van der Waals surface area contributed by atoms with Crippen molar-refractivity contribution >= 4 is 12.3 Å². The molecule has 0 spiro atoms. The number of carboxylic acids is 1. The molecule has 0 aromatic carbocycles.